The van der Waals surface area contributed by atoms with E-state index in [-0.39, 0.29) is 11.9 Å². The first-order valence-electron chi connectivity index (χ1n) is 7.45. The standard InChI is InChI=1S/C16H27N3O/c1-6-7-17-15-9-12(4)18-10-14(15)16(20)19-13(5)8-11(2)3/h9-11,13H,6-8H2,1-5H3,(H,17,18)(H,19,20). The fourth-order valence-electron chi connectivity index (χ4n) is 2.21. The van der Waals surface area contributed by atoms with E-state index in [4.69, 9.17) is 0 Å². The van der Waals surface area contributed by atoms with Crippen molar-refractivity contribution in [2.24, 2.45) is 5.92 Å². The van der Waals surface area contributed by atoms with Crippen LogP contribution in [-0.4, -0.2) is 23.5 Å². The molecule has 1 atom stereocenters. The quantitative estimate of drug-likeness (QED) is 0.803. The fourth-order valence-corrected chi connectivity index (χ4v) is 2.21. The maximum absolute atomic E-state index is 12.3. The van der Waals surface area contributed by atoms with Crippen LogP contribution in [-0.2, 0) is 0 Å². The molecule has 20 heavy (non-hydrogen) atoms. The van der Waals surface area contributed by atoms with Crippen molar-refractivity contribution in [1.29, 1.82) is 0 Å². The summed E-state index contributed by atoms with van der Waals surface area (Å²) in [6, 6.07) is 2.10. The molecule has 1 unspecified atom stereocenters. The Morgan fingerprint density at radius 1 is 1.35 bits per heavy atom. The lowest BCUT2D eigenvalue weighted by Crippen LogP contribution is -2.34. The molecule has 0 saturated heterocycles. The van der Waals surface area contributed by atoms with Gasteiger partial charge in [0.1, 0.15) is 0 Å². The summed E-state index contributed by atoms with van der Waals surface area (Å²) in [7, 11) is 0. The van der Waals surface area contributed by atoms with Crippen molar-refractivity contribution in [3.05, 3.63) is 23.5 Å². The van der Waals surface area contributed by atoms with E-state index >= 15 is 0 Å². The van der Waals surface area contributed by atoms with Crippen LogP contribution in [0.1, 0.15) is 56.6 Å². The van der Waals surface area contributed by atoms with E-state index in [1.807, 2.05) is 19.9 Å². The lowest BCUT2D eigenvalue weighted by atomic mass is 10.0. The predicted molar refractivity (Wildman–Crippen MR) is 84.1 cm³/mol. The molecular weight excluding hydrogens is 250 g/mol. The SMILES string of the molecule is CCCNc1cc(C)ncc1C(=O)NC(C)CC(C)C. The Morgan fingerprint density at radius 2 is 2.05 bits per heavy atom. The van der Waals surface area contributed by atoms with Crippen LogP contribution < -0.4 is 10.6 Å². The highest BCUT2D eigenvalue weighted by molar-refractivity contribution is 5.99. The number of aryl methyl sites for hydroxylation is 1. The first-order valence-corrected chi connectivity index (χ1v) is 7.45. The van der Waals surface area contributed by atoms with Crippen molar-refractivity contribution in [3.8, 4) is 0 Å². The minimum Gasteiger partial charge on any atom is -0.384 e. The molecule has 4 nitrogen and oxygen atoms in total. The number of pyridine rings is 1. The number of carbonyl (C=O) groups excluding carboxylic acids is 1. The highest BCUT2D eigenvalue weighted by atomic mass is 16.1. The van der Waals surface area contributed by atoms with Crippen molar-refractivity contribution >= 4 is 11.6 Å². The van der Waals surface area contributed by atoms with Crippen LogP contribution in [0.3, 0.4) is 0 Å². The number of anilines is 1. The topological polar surface area (TPSA) is 54.0 Å². The van der Waals surface area contributed by atoms with Crippen LogP contribution in [0.15, 0.2) is 12.3 Å². The van der Waals surface area contributed by atoms with Gasteiger partial charge in [0.25, 0.3) is 5.91 Å². The summed E-state index contributed by atoms with van der Waals surface area (Å²) >= 11 is 0. The number of nitrogens with zero attached hydrogens (tertiary/aromatic N) is 1. The highest BCUT2D eigenvalue weighted by Gasteiger charge is 2.15. The Hall–Kier alpha value is -1.58. The van der Waals surface area contributed by atoms with Crippen molar-refractivity contribution in [3.63, 3.8) is 0 Å². The van der Waals surface area contributed by atoms with Gasteiger partial charge in [-0.15, -0.1) is 0 Å². The maximum Gasteiger partial charge on any atom is 0.255 e. The van der Waals surface area contributed by atoms with Gasteiger partial charge in [-0.3, -0.25) is 9.78 Å². The van der Waals surface area contributed by atoms with E-state index in [0.29, 0.717) is 11.5 Å². The molecule has 0 saturated carbocycles. The molecule has 1 heterocycles. The van der Waals surface area contributed by atoms with E-state index < -0.39 is 0 Å². The number of amides is 1. The predicted octanol–water partition coefficient (Wildman–Crippen LogP) is 3.38. The van der Waals surface area contributed by atoms with Gasteiger partial charge in [0.2, 0.25) is 0 Å². The third-order valence-electron chi connectivity index (χ3n) is 3.05. The van der Waals surface area contributed by atoms with Gasteiger partial charge in [-0.25, -0.2) is 0 Å². The van der Waals surface area contributed by atoms with Gasteiger partial charge in [0.15, 0.2) is 0 Å². The summed E-state index contributed by atoms with van der Waals surface area (Å²) in [6.07, 6.45) is 3.65. The molecule has 0 bridgehead atoms. The molecule has 1 rings (SSSR count). The van der Waals surface area contributed by atoms with E-state index in [0.717, 1.165) is 30.8 Å². The summed E-state index contributed by atoms with van der Waals surface area (Å²) in [5.41, 5.74) is 2.41. The van der Waals surface area contributed by atoms with Gasteiger partial charge in [0.05, 0.1) is 11.3 Å². The summed E-state index contributed by atoms with van der Waals surface area (Å²) in [4.78, 5) is 16.6. The van der Waals surface area contributed by atoms with Crippen LogP contribution in [0.25, 0.3) is 0 Å². The van der Waals surface area contributed by atoms with Gasteiger partial charge < -0.3 is 10.6 Å². The van der Waals surface area contributed by atoms with E-state index in [2.05, 4.69) is 36.4 Å². The molecule has 0 spiro atoms. The van der Waals surface area contributed by atoms with Gasteiger partial charge in [-0.2, -0.15) is 0 Å². The summed E-state index contributed by atoms with van der Waals surface area (Å²) in [5.74, 6) is 0.517. The molecule has 0 aliphatic carbocycles. The number of aromatic nitrogens is 1. The largest absolute Gasteiger partial charge is 0.384 e. The average Bonchev–Trinajstić information content (AvgIpc) is 2.35. The molecule has 4 heteroatoms. The van der Waals surface area contributed by atoms with Gasteiger partial charge in [-0.05, 0) is 38.7 Å². The smallest absolute Gasteiger partial charge is 0.255 e. The van der Waals surface area contributed by atoms with Gasteiger partial charge in [-0.1, -0.05) is 20.8 Å². The molecule has 112 valence electrons. The van der Waals surface area contributed by atoms with E-state index in [1.165, 1.54) is 0 Å². The Bertz CT molecular complexity index is 443. The molecule has 2 N–H and O–H groups in total. The summed E-state index contributed by atoms with van der Waals surface area (Å²) in [5, 5.41) is 6.34. The third kappa shape index (κ3) is 5.19. The highest BCUT2D eigenvalue weighted by Crippen LogP contribution is 2.16. The molecule has 1 aromatic rings. The number of carbonyl (C=O) groups is 1. The minimum atomic E-state index is -0.0516. The van der Waals surface area contributed by atoms with Crippen molar-refractivity contribution in [1.82, 2.24) is 10.3 Å². The molecule has 0 aliphatic heterocycles. The fraction of sp³-hybridized carbons (Fsp3) is 0.625. The molecule has 0 fully saturated rings. The monoisotopic (exact) mass is 277 g/mol. The Kier molecular flexibility index (Phi) is 6.49. The Balaban J connectivity index is 2.80. The second kappa shape index (κ2) is 7.88. The summed E-state index contributed by atoms with van der Waals surface area (Å²) in [6.45, 7) is 11.2. The Morgan fingerprint density at radius 3 is 2.65 bits per heavy atom. The first-order chi connectivity index (χ1) is 9.43. The minimum absolute atomic E-state index is 0.0516. The van der Waals surface area contributed by atoms with E-state index in [9.17, 15) is 4.79 Å². The van der Waals surface area contributed by atoms with Crippen LogP contribution in [0, 0.1) is 12.8 Å². The lowest BCUT2D eigenvalue weighted by Gasteiger charge is -2.17. The van der Waals surface area contributed by atoms with Crippen LogP contribution in [0.2, 0.25) is 0 Å². The first kappa shape index (κ1) is 16.5. The number of hydrogen-bond acceptors (Lipinski definition) is 3. The zero-order chi connectivity index (χ0) is 15.1. The summed E-state index contributed by atoms with van der Waals surface area (Å²) < 4.78 is 0. The van der Waals surface area contributed by atoms with Gasteiger partial charge >= 0.3 is 0 Å². The van der Waals surface area contributed by atoms with Gasteiger partial charge in [0, 0.05) is 24.5 Å². The molecule has 1 aromatic heterocycles. The second-order valence-electron chi connectivity index (χ2n) is 5.80. The number of nitrogens with one attached hydrogen (secondary N) is 2. The Labute approximate surface area is 122 Å². The van der Waals surface area contributed by atoms with Crippen molar-refractivity contribution in [2.45, 2.75) is 53.5 Å². The molecular formula is C16H27N3O. The normalized spacial score (nSPS) is 12.3. The third-order valence-corrected chi connectivity index (χ3v) is 3.05. The molecule has 0 aliphatic rings. The van der Waals surface area contributed by atoms with Crippen LogP contribution >= 0.6 is 0 Å². The van der Waals surface area contributed by atoms with Crippen molar-refractivity contribution < 1.29 is 4.79 Å². The molecule has 0 radical (unpaired) electrons. The number of rotatable bonds is 7. The molecule has 0 aromatic carbocycles. The van der Waals surface area contributed by atoms with E-state index in [1.54, 1.807) is 6.20 Å². The molecule has 1 amide bonds. The second-order valence-corrected chi connectivity index (χ2v) is 5.80. The van der Waals surface area contributed by atoms with Crippen LogP contribution in [0.5, 0.6) is 0 Å². The zero-order valence-corrected chi connectivity index (χ0v) is 13.3. The van der Waals surface area contributed by atoms with Crippen molar-refractivity contribution in [2.75, 3.05) is 11.9 Å². The zero-order valence-electron chi connectivity index (χ0n) is 13.3. The average molecular weight is 277 g/mol. The maximum atomic E-state index is 12.3. The lowest BCUT2D eigenvalue weighted by molar-refractivity contribution is 0.0936. The number of hydrogen-bond donors (Lipinski definition) is 2. The van der Waals surface area contributed by atoms with Crippen LogP contribution in [0.4, 0.5) is 5.69 Å².